The Morgan fingerprint density at radius 1 is 1.04 bits per heavy atom. The zero-order valence-electron chi connectivity index (χ0n) is 14.6. The van der Waals surface area contributed by atoms with Crippen molar-refractivity contribution in [2.45, 2.75) is 45.3 Å². The second-order valence-electron chi connectivity index (χ2n) is 5.47. The van der Waals surface area contributed by atoms with E-state index in [2.05, 4.69) is 10.3 Å². The Morgan fingerprint density at radius 2 is 1.63 bits per heavy atom. The van der Waals surface area contributed by atoms with Crippen molar-refractivity contribution >= 4 is 17.9 Å². The third kappa shape index (κ3) is 4.37. The van der Waals surface area contributed by atoms with E-state index in [4.69, 9.17) is 24.2 Å². The van der Waals surface area contributed by atoms with Crippen LogP contribution >= 0.6 is 0 Å². The molecule has 0 bridgehead atoms. The molecule has 27 heavy (non-hydrogen) atoms. The lowest BCUT2D eigenvalue weighted by atomic mass is 10.0. The summed E-state index contributed by atoms with van der Waals surface area (Å²) in [5.41, 5.74) is -0.485. The summed E-state index contributed by atoms with van der Waals surface area (Å²) >= 11 is 0. The Bertz CT molecular complexity index is 837. The molecule has 2 rings (SSSR count). The Balaban J connectivity index is 2.48. The molecule has 1 saturated heterocycles. The number of hydrogen-bond acceptors (Lipinski definition) is 11. The predicted octanol–water partition coefficient (Wildman–Crippen LogP) is -0.655. The van der Waals surface area contributed by atoms with Crippen LogP contribution in [0, 0.1) is 22.7 Å². The van der Waals surface area contributed by atoms with Gasteiger partial charge in [0.1, 0.15) is 12.1 Å². The summed E-state index contributed by atoms with van der Waals surface area (Å²) in [5.74, 6) is -2.12. The van der Waals surface area contributed by atoms with E-state index in [9.17, 15) is 19.6 Å². The van der Waals surface area contributed by atoms with Crippen LogP contribution in [-0.4, -0.2) is 57.8 Å². The van der Waals surface area contributed by atoms with Crippen molar-refractivity contribution in [1.29, 1.82) is 10.5 Å². The average Bonchev–Trinajstić information content (AvgIpc) is 2.99. The van der Waals surface area contributed by atoms with Crippen molar-refractivity contribution in [3.8, 4) is 12.1 Å². The largest absolute Gasteiger partial charge is 0.456 e. The minimum absolute atomic E-state index is 0.229. The van der Waals surface area contributed by atoms with Gasteiger partial charge in [-0.1, -0.05) is 5.21 Å². The van der Waals surface area contributed by atoms with Gasteiger partial charge in [-0.05, 0) is 0 Å². The van der Waals surface area contributed by atoms with E-state index in [1.165, 1.54) is 0 Å². The SMILES string of the molecule is CC(=O)O[C@@H]1[C@H](OC(C)=O)[C@H](OC(C)=O)CO[C@H]1n1nnc(C#N)c1C#N. The number of hydrogen-bond donors (Lipinski definition) is 0. The van der Waals surface area contributed by atoms with Crippen LogP contribution in [0.1, 0.15) is 38.4 Å². The molecule has 2 heterocycles. The molecular formula is C15H15N5O7. The lowest BCUT2D eigenvalue weighted by molar-refractivity contribution is -0.241. The predicted molar refractivity (Wildman–Crippen MR) is 81.1 cm³/mol. The zero-order chi connectivity index (χ0) is 20.1. The highest BCUT2D eigenvalue weighted by atomic mass is 16.6. The summed E-state index contributed by atoms with van der Waals surface area (Å²) in [6.45, 7) is 3.16. The quantitative estimate of drug-likeness (QED) is 0.483. The Hall–Kier alpha value is -3.51. The van der Waals surface area contributed by atoms with Crippen molar-refractivity contribution < 1.29 is 33.3 Å². The first-order valence-electron chi connectivity index (χ1n) is 7.67. The molecule has 12 nitrogen and oxygen atoms in total. The molecule has 0 N–H and O–H groups in total. The second kappa shape index (κ2) is 8.25. The standard InChI is InChI=1S/C15H15N5O7/c1-7(21)25-12-6-24-15(20-11(5-17)10(4-16)18-19-20)14(27-9(3)23)13(12)26-8(2)22/h12-15H,6H2,1-3H3/t12-,13-,14-,15-/m1/s1. The number of nitrogens with zero attached hydrogens (tertiary/aromatic N) is 5. The highest BCUT2D eigenvalue weighted by molar-refractivity contribution is 5.68. The Labute approximate surface area is 153 Å². The van der Waals surface area contributed by atoms with Gasteiger partial charge in [0.25, 0.3) is 0 Å². The summed E-state index contributed by atoms with van der Waals surface area (Å²) in [7, 11) is 0. The lowest BCUT2D eigenvalue weighted by Gasteiger charge is -2.40. The van der Waals surface area contributed by atoms with Crippen molar-refractivity contribution in [2.75, 3.05) is 6.61 Å². The minimum atomic E-state index is -1.31. The zero-order valence-corrected chi connectivity index (χ0v) is 14.6. The molecule has 0 spiro atoms. The van der Waals surface area contributed by atoms with Gasteiger partial charge in [0, 0.05) is 20.8 Å². The van der Waals surface area contributed by atoms with Crippen LogP contribution in [0.2, 0.25) is 0 Å². The summed E-state index contributed by atoms with van der Waals surface area (Å²) in [6, 6.07) is 3.47. The second-order valence-corrected chi connectivity index (χ2v) is 5.47. The van der Waals surface area contributed by atoms with Gasteiger partial charge in [0.05, 0.1) is 6.61 Å². The van der Waals surface area contributed by atoms with Gasteiger partial charge in [-0.3, -0.25) is 14.4 Å². The molecule has 0 amide bonds. The molecule has 0 saturated carbocycles. The molecule has 142 valence electrons. The van der Waals surface area contributed by atoms with Gasteiger partial charge in [-0.2, -0.15) is 10.5 Å². The maximum Gasteiger partial charge on any atom is 0.303 e. The van der Waals surface area contributed by atoms with Crippen LogP contribution < -0.4 is 0 Å². The maximum absolute atomic E-state index is 11.6. The minimum Gasteiger partial charge on any atom is -0.456 e. The van der Waals surface area contributed by atoms with Gasteiger partial charge >= 0.3 is 17.9 Å². The summed E-state index contributed by atoms with van der Waals surface area (Å²) in [4.78, 5) is 34.4. The number of esters is 3. The van der Waals surface area contributed by atoms with Crippen molar-refractivity contribution in [2.24, 2.45) is 0 Å². The van der Waals surface area contributed by atoms with Gasteiger partial charge in [0.2, 0.25) is 5.69 Å². The molecule has 1 aliphatic rings. The lowest BCUT2D eigenvalue weighted by Crippen LogP contribution is -2.55. The number of rotatable bonds is 4. The van der Waals surface area contributed by atoms with Gasteiger partial charge in [0.15, 0.2) is 30.2 Å². The number of aromatic nitrogens is 3. The number of ether oxygens (including phenoxy) is 4. The normalized spacial score (nSPS) is 24.2. The summed E-state index contributed by atoms with van der Waals surface area (Å²) in [5, 5.41) is 25.6. The van der Waals surface area contributed by atoms with Gasteiger partial charge in [-0.15, -0.1) is 5.10 Å². The molecule has 0 aromatic carbocycles. The Morgan fingerprint density at radius 3 is 2.15 bits per heavy atom. The molecule has 0 radical (unpaired) electrons. The third-order valence-electron chi connectivity index (χ3n) is 3.47. The third-order valence-corrected chi connectivity index (χ3v) is 3.47. The molecular weight excluding hydrogens is 362 g/mol. The molecule has 0 aliphatic carbocycles. The summed E-state index contributed by atoms with van der Waals surface area (Å²) < 4.78 is 22.0. The van der Waals surface area contributed by atoms with Crippen LogP contribution in [0.4, 0.5) is 0 Å². The molecule has 1 fully saturated rings. The first-order chi connectivity index (χ1) is 12.8. The van der Waals surface area contributed by atoms with E-state index in [0.717, 1.165) is 25.5 Å². The van der Waals surface area contributed by atoms with Crippen molar-refractivity contribution in [3.05, 3.63) is 11.4 Å². The monoisotopic (exact) mass is 377 g/mol. The molecule has 0 unspecified atom stereocenters. The Kier molecular flexibility index (Phi) is 6.05. The maximum atomic E-state index is 11.6. The van der Waals surface area contributed by atoms with E-state index in [0.29, 0.717) is 0 Å². The molecule has 1 aromatic rings. The first-order valence-corrected chi connectivity index (χ1v) is 7.67. The fourth-order valence-corrected chi connectivity index (χ4v) is 2.58. The molecule has 1 aromatic heterocycles. The number of carbonyl (C=O) groups is 3. The van der Waals surface area contributed by atoms with Crippen molar-refractivity contribution in [1.82, 2.24) is 15.0 Å². The topological polar surface area (TPSA) is 166 Å². The highest BCUT2D eigenvalue weighted by Crippen LogP contribution is 2.31. The first kappa shape index (κ1) is 19.8. The molecule has 1 aliphatic heterocycles. The van der Waals surface area contributed by atoms with Crippen LogP contribution in [0.3, 0.4) is 0 Å². The van der Waals surface area contributed by atoms with E-state index >= 15 is 0 Å². The van der Waals surface area contributed by atoms with E-state index in [1.54, 1.807) is 12.1 Å². The van der Waals surface area contributed by atoms with Crippen LogP contribution in [0.15, 0.2) is 0 Å². The number of nitriles is 2. The van der Waals surface area contributed by atoms with E-state index < -0.39 is 42.4 Å². The van der Waals surface area contributed by atoms with E-state index in [1.807, 2.05) is 0 Å². The van der Waals surface area contributed by atoms with Crippen LogP contribution in [0.25, 0.3) is 0 Å². The smallest absolute Gasteiger partial charge is 0.303 e. The van der Waals surface area contributed by atoms with Crippen LogP contribution in [0.5, 0.6) is 0 Å². The van der Waals surface area contributed by atoms with E-state index in [-0.39, 0.29) is 18.0 Å². The summed E-state index contributed by atoms with van der Waals surface area (Å²) in [6.07, 6.45) is -4.84. The highest BCUT2D eigenvalue weighted by Gasteiger charge is 2.48. The molecule has 4 atom stereocenters. The van der Waals surface area contributed by atoms with Gasteiger partial charge < -0.3 is 18.9 Å². The number of carbonyl (C=O) groups excluding carboxylic acids is 3. The fraction of sp³-hybridized carbons (Fsp3) is 0.533. The van der Waals surface area contributed by atoms with Gasteiger partial charge in [-0.25, -0.2) is 4.68 Å². The fourth-order valence-electron chi connectivity index (χ4n) is 2.58. The average molecular weight is 377 g/mol. The van der Waals surface area contributed by atoms with Crippen molar-refractivity contribution in [3.63, 3.8) is 0 Å². The van der Waals surface area contributed by atoms with Crippen LogP contribution in [-0.2, 0) is 33.3 Å². The molecule has 12 heteroatoms.